The molecule has 1 rings (SSSR count). The quantitative estimate of drug-likeness (QED) is 0.709. The van der Waals surface area contributed by atoms with E-state index in [0.29, 0.717) is 11.2 Å². The smallest absolute Gasteiger partial charge is 0.180 e. The van der Waals surface area contributed by atoms with E-state index < -0.39 is 0 Å². The second kappa shape index (κ2) is 5.19. The van der Waals surface area contributed by atoms with Crippen molar-refractivity contribution in [3.63, 3.8) is 0 Å². The normalized spacial score (nSPS) is 11.0. The fraction of sp³-hybridized carbons (Fsp3) is 0.667. The molecule has 1 aromatic rings. The highest BCUT2D eigenvalue weighted by Crippen LogP contribution is 2.11. The molecule has 0 aliphatic rings. The van der Waals surface area contributed by atoms with Crippen molar-refractivity contribution in [2.75, 3.05) is 12.3 Å². The summed E-state index contributed by atoms with van der Waals surface area (Å²) in [6.07, 6.45) is 2.15. The van der Waals surface area contributed by atoms with Crippen LogP contribution < -0.4 is 11.1 Å². The zero-order chi connectivity index (χ0) is 9.68. The van der Waals surface area contributed by atoms with Gasteiger partial charge in [0.05, 0.1) is 5.69 Å². The molecule has 0 aliphatic heterocycles. The Balaban J connectivity index is 2.13. The van der Waals surface area contributed by atoms with Gasteiger partial charge in [0.2, 0.25) is 0 Å². The summed E-state index contributed by atoms with van der Waals surface area (Å²) in [5.41, 5.74) is 6.64. The Morgan fingerprint density at radius 2 is 2.38 bits per heavy atom. The molecule has 3 nitrogen and oxygen atoms in total. The second-order valence-corrected chi connectivity index (χ2v) is 4.28. The predicted molar refractivity (Wildman–Crippen MR) is 58.0 cm³/mol. The molecule has 0 saturated heterocycles. The number of nitrogen functional groups attached to an aromatic ring is 1. The molecule has 0 atom stereocenters. The third-order valence-corrected chi connectivity index (χ3v) is 2.45. The van der Waals surface area contributed by atoms with Crippen LogP contribution in [0.1, 0.15) is 26.0 Å². The zero-order valence-corrected chi connectivity index (χ0v) is 9.03. The zero-order valence-electron chi connectivity index (χ0n) is 8.21. The Kier molecular flexibility index (Phi) is 4.18. The lowest BCUT2D eigenvalue weighted by Gasteiger charge is -2.06. The van der Waals surface area contributed by atoms with Gasteiger partial charge in [0.25, 0.3) is 0 Å². The van der Waals surface area contributed by atoms with E-state index in [1.807, 2.05) is 5.38 Å². The molecule has 0 aromatic carbocycles. The Morgan fingerprint density at radius 1 is 1.62 bits per heavy atom. The van der Waals surface area contributed by atoms with Gasteiger partial charge in [-0.1, -0.05) is 13.8 Å². The topological polar surface area (TPSA) is 50.9 Å². The van der Waals surface area contributed by atoms with Gasteiger partial charge in [-0.25, -0.2) is 4.98 Å². The summed E-state index contributed by atoms with van der Waals surface area (Å²) >= 11 is 1.51. The van der Waals surface area contributed by atoms with Gasteiger partial charge < -0.3 is 11.1 Å². The van der Waals surface area contributed by atoms with Gasteiger partial charge in [0.15, 0.2) is 5.13 Å². The first kappa shape index (κ1) is 10.5. The molecule has 0 bridgehead atoms. The summed E-state index contributed by atoms with van der Waals surface area (Å²) in [5, 5.41) is 6.07. The lowest BCUT2D eigenvalue weighted by atomic mass is 10.2. The largest absolute Gasteiger partial charge is 0.375 e. The van der Waals surface area contributed by atoms with Crippen molar-refractivity contribution in [1.82, 2.24) is 10.3 Å². The third kappa shape index (κ3) is 4.24. The van der Waals surface area contributed by atoms with E-state index in [4.69, 9.17) is 5.73 Å². The number of hydrogen-bond acceptors (Lipinski definition) is 4. The van der Waals surface area contributed by atoms with Gasteiger partial charge in [0.1, 0.15) is 0 Å². The minimum absolute atomic E-state index is 0.570. The van der Waals surface area contributed by atoms with Crippen molar-refractivity contribution >= 4 is 16.5 Å². The molecule has 1 heterocycles. The van der Waals surface area contributed by atoms with Crippen molar-refractivity contribution in [1.29, 1.82) is 0 Å². The van der Waals surface area contributed by atoms with Crippen molar-refractivity contribution in [2.45, 2.75) is 32.7 Å². The summed E-state index contributed by atoms with van der Waals surface area (Å²) in [5.74, 6) is 0. The Morgan fingerprint density at radius 3 is 2.92 bits per heavy atom. The molecule has 4 heteroatoms. The van der Waals surface area contributed by atoms with Crippen molar-refractivity contribution < 1.29 is 0 Å². The molecule has 0 amide bonds. The SMILES string of the molecule is CC(C)NCCCc1csc(N)n1. The number of anilines is 1. The Labute approximate surface area is 83.4 Å². The molecule has 0 saturated carbocycles. The van der Waals surface area contributed by atoms with Gasteiger partial charge >= 0.3 is 0 Å². The van der Waals surface area contributed by atoms with E-state index in [1.165, 1.54) is 11.3 Å². The number of thiazole rings is 1. The molecule has 0 aliphatic carbocycles. The van der Waals surface area contributed by atoms with Crippen LogP contribution in [-0.2, 0) is 6.42 Å². The summed E-state index contributed by atoms with van der Waals surface area (Å²) in [6, 6.07) is 0.570. The summed E-state index contributed by atoms with van der Waals surface area (Å²) in [6.45, 7) is 5.36. The number of nitrogens with zero attached hydrogens (tertiary/aromatic N) is 1. The molecule has 0 fully saturated rings. The molecule has 3 N–H and O–H groups in total. The van der Waals surface area contributed by atoms with Crippen molar-refractivity contribution in [3.8, 4) is 0 Å². The minimum atomic E-state index is 0.570. The Hall–Kier alpha value is -0.610. The van der Waals surface area contributed by atoms with Gasteiger partial charge in [0, 0.05) is 11.4 Å². The van der Waals surface area contributed by atoms with Crippen LogP contribution in [-0.4, -0.2) is 17.6 Å². The summed E-state index contributed by atoms with van der Waals surface area (Å²) < 4.78 is 0. The monoisotopic (exact) mass is 199 g/mol. The van der Waals surface area contributed by atoms with E-state index >= 15 is 0 Å². The van der Waals surface area contributed by atoms with Gasteiger partial charge in [-0.2, -0.15) is 0 Å². The molecular weight excluding hydrogens is 182 g/mol. The highest BCUT2D eigenvalue weighted by molar-refractivity contribution is 7.13. The van der Waals surface area contributed by atoms with Crippen LogP contribution in [0.15, 0.2) is 5.38 Å². The molecule has 0 radical (unpaired) electrons. The summed E-state index contributed by atoms with van der Waals surface area (Å²) in [4.78, 5) is 4.20. The number of aryl methyl sites for hydroxylation is 1. The van der Waals surface area contributed by atoms with E-state index in [9.17, 15) is 0 Å². The average molecular weight is 199 g/mol. The van der Waals surface area contributed by atoms with Crippen molar-refractivity contribution in [2.24, 2.45) is 0 Å². The highest BCUT2D eigenvalue weighted by atomic mass is 32.1. The Bertz CT molecular complexity index is 245. The minimum Gasteiger partial charge on any atom is -0.375 e. The van der Waals surface area contributed by atoms with E-state index in [2.05, 4.69) is 24.1 Å². The highest BCUT2D eigenvalue weighted by Gasteiger charge is 1.98. The van der Waals surface area contributed by atoms with Gasteiger partial charge in [-0.05, 0) is 19.4 Å². The van der Waals surface area contributed by atoms with Gasteiger partial charge in [-0.15, -0.1) is 11.3 Å². The van der Waals surface area contributed by atoms with Gasteiger partial charge in [-0.3, -0.25) is 0 Å². The average Bonchev–Trinajstić information content (AvgIpc) is 2.45. The van der Waals surface area contributed by atoms with Crippen LogP contribution in [0.3, 0.4) is 0 Å². The first-order chi connectivity index (χ1) is 6.18. The maximum atomic E-state index is 5.52. The lowest BCUT2D eigenvalue weighted by Crippen LogP contribution is -2.23. The van der Waals surface area contributed by atoms with Crippen molar-refractivity contribution in [3.05, 3.63) is 11.1 Å². The number of nitrogens with one attached hydrogen (secondary N) is 1. The maximum Gasteiger partial charge on any atom is 0.180 e. The molecule has 0 unspecified atom stereocenters. The lowest BCUT2D eigenvalue weighted by molar-refractivity contribution is 0.569. The van der Waals surface area contributed by atoms with Crippen LogP contribution in [0.5, 0.6) is 0 Å². The van der Waals surface area contributed by atoms with Crippen LogP contribution in [0, 0.1) is 0 Å². The predicted octanol–water partition coefficient (Wildman–Crippen LogP) is 1.66. The molecular formula is C9H17N3S. The van der Waals surface area contributed by atoms with Crippen LogP contribution in [0.4, 0.5) is 5.13 Å². The van der Waals surface area contributed by atoms with Crippen LogP contribution in [0.25, 0.3) is 0 Å². The molecule has 0 spiro atoms. The number of nitrogens with two attached hydrogens (primary N) is 1. The first-order valence-corrected chi connectivity index (χ1v) is 5.49. The maximum absolute atomic E-state index is 5.52. The second-order valence-electron chi connectivity index (χ2n) is 3.39. The first-order valence-electron chi connectivity index (χ1n) is 4.61. The van der Waals surface area contributed by atoms with E-state index in [1.54, 1.807) is 0 Å². The van der Waals surface area contributed by atoms with Crippen LogP contribution >= 0.6 is 11.3 Å². The van der Waals surface area contributed by atoms with E-state index in [0.717, 1.165) is 25.1 Å². The third-order valence-electron chi connectivity index (χ3n) is 1.73. The summed E-state index contributed by atoms with van der Waals surface area (Å²) in [7, 11) is 0. The number of hydrogen-bond donors (Lipinski definition) is 2. The fourth-order valence-corrected chi connectivity index (χ4v) is 1.70. The number of rotatable bonds is 5. The molecule has 74 valence electrons. The molecule has 13 heavy (non-hydrogen) atoms. The molecule has 1 aromatic heterocycles. The fourth-order valence-electron chi connectivity index (χ4n) is 1.10. The number of aromatic nitrogens is 1. The van der Waals surface area contributed by atoms with Crippen LogP contribution in [0.2, 0.25) is 0 Å². The van der Waals surface area contributed by atoms with E-state index in [-0.39, 0.29) is 0 Å². The standard InChI is InChI=1S/C9H17N3S/c1-7(2)11-5-3-4-8-6-13-9(10)12-8/h6-7,11H,3-5H2,1-2H3,(H2,10,12).